The molecule has 0 bridgehead atoms. The Kier molecular flexibility index (Phi) is 1.63. The standard InChI is InChI=1S/C6H6FN2/c1-8-5-3-2-4-9-6(5)7/h2,4,8H,1H3. The highest BCUT2D eigenvalue weighted by Gasteiger charge is 1.95. The molecule has 1 heterocycles. The molecule has 0 saturated carbocycles. The summed E-state index contributed by atoms with van der Waals surface area (Å²) in [7, 11) is 1.62. The van der Waals surface area contributed by atoms with Gasteiger partial charge >= 0.3 is 0 Å². The SMILES string of the molecule is CNc1[c]ccnc1F. The van der Waals surface area contributed by atoms with Crippen LogP contribution in [0.25, 0.3) is 0 Å². The van der Waals surface area contributed by atoms with E-state index in [1.165, 1.54) is 6.20 Å². The van der Waals surface area contributed by atoms with Crippen LogP contribution in [0, 0.1) is 12.0 Å². The van der Waals surface area contributed by atoms with Crippen LogP contribution in [0.2, 0.25) is 0 Å². The van der Waals surface area contributed by atoms with E-state index in [1.807, 2.05) is 0 Å². The summed E-state index contributed by atoms with van der Waals surface area (Å²) in [5.74, 6) is -0.514. The first-order valence-electron chi connectivity index (χ1n) is 2.54. The fraction of sp³-hybridized carbons (Fsp3) is 0.167. The molecule has 0 unspecified atom stereocenters. The van der Waals surface area contributed by atoms with Gasteiger partial charge in [-0.05, 0) is 6.07 Å². The van der Waals surface area contributed by atoms with E-state index in [2.05, 4.69) is 16.4 Å². The van der Waals surface area contributed by atoms with Crippen molar-refractivity contribution in [2.45, 2.75) is 0 Å². The molecule has 1 N–H and O–H groups in total. The van der Waals surface area contributed by atoms with E-state index in [0.717, 1.165) is 0 Å². The molecule has 1 aromatic rings. The maximum atomic E-state index is 12.4. The maximum Gasteiger partial charge on any atom is 0.236 e. The molecule has 9 heavy (non-hydrogen) atoms. The zero-order valence-corrected chi connectivity index (χ0v) is 4.98. The molecule has 1 aromatic heterocycles. The molecule has 0 spiro atoms. The summed E-state index contributed by atoms with van der Waals surface area (Å²) in [4.78, 5) is 3.39. The highest BCUT2D eigenvalue weighted by atomic mass is 19.1. The van der Waals surface area contributed by atoms with Crippen molar-refractivity contribution in [2.75, 3.05) is 12.4 Å². The first-order chi connectivity index (χ1) is 4.34. The summed E-state index contributed by atoms with van der Waals surface area (Å²) in [6.45, 7) is 0. The van der Waals surface area contributed by atoms with Crippen molar-refractivity contribution < 1.29 is 4.39 Å². The predicted molar refractivity (Wildman–Crippen MR) is 32.6 cm³/mol. The molecule has 0 aliphatic heterocycles. The molecule has 0 amide bonds. The van der Waals surface area contributed by atoms with Gasteiger partial charge in [-0.15, -0.1) is 0 Å². The van der Waals surface area contributed by atoms with Crippen LogP contribution in [-0.4, -0.2) is 12.0 Å². The van der Waals surface area contributed by atoms with E-state index in [1.54, 1.807) is 13.1 Å². The first-order valence-corrected chi connectivity index (χ1v) is 2.54. The number of hydrogen-bond acceptors (Lipinski definition) is 2. The smallest absolute Gasteiger partial charge is 0.236 e. The molecule has 3 heteroatoms. The molecule has 0 atom stereocenters. The lowest BCUT2D eigenvalue weighted by Gasteiger charge is -1.96. The summed E-state index contributed by atoms with van der Waals surface area (Å²) in [5.41, 5.74) is 0.303. The van der Waals surface area contributed by atoms with Gasteiger partial charge < -0.3 is 5.32 Å². The van der Waals surface area contributed by atoms with Crippen molar-refractivity contribution in [3.05, 3.63) is 24.3 Å². The maximum absolute atomic E-state index is 12.4. The Bertz CT molecular complexity index is 200. The summed E-state index contributed by atoms with van der Waals surface area (Å²) < 4.78 is 12.4. The van der Waals surface area contributed by atoms with Gasteiger partial charge in [0.15, 0.2) is 0 Å². The minimum atomic E-state index is -0.514. The van der Waals surface area contributed by atoms with Gasteiger partial charge in [-0.25, -0.2) is 4.98 Å². The van der Waals surface area contributed by atoms with Crippen LogP contribution in [0.5, 0.6) is 0 Å². The van der Waals surface area contributed by atoms with Crippen molar-refractivity contribution >= 4 is 5.69 Å². The topological polar surface area (TPSA) is 24.9 Å². The average molecular weight is 125 g/mol. The first kappa shape index (κ1) is 6.01. The Morgan fingerprint density at radius 2 is 2.56 bits per heavy atom. The normalized spacial score (nSPS) is 9.11. The van der Waals surface area contributed by atoms with Gasteiger partial charge in [0.1, 0.15) is 0 Å². The van der Waals surface area contributed by atoms with E-state index in [4.69, 9.17) is 0 Å². The van der Waals surface area contributed by atoms with Gasteiger partial charge in [0, 0.05) is 19.3 Å². The summed E-state index contributed by atoms with van der Waals surface area (Å²) in [6.07, 6.45) is 1.36. The number of anilines is 1. The van der Waals surface area contributed by atoms with Gasteiger partial charge in [-0.1, -0.05) is 0 Å². The highest BCUT2D eigenvalue weighted by Crippen LogP contribution is 2.05. The molecule has 2 nitrogen and oxygen atoms in total. The second-order valence-corrected chi connectivity index (χ2v) is 1.50. The van der Waals surface area contributed by atoms with Gasteiger partial charge in [-0.3, -0.25) is 0 Å². The number of nitrogens with zero attached hydrogens (tertiary/aromatic N) is 1. The highest BCUT2D eigenvalue weighted by molar-refractivity contribution is 5.38. The minimum Gasteiger partial charge on any atom is -0.384 e. The van der Waals surface area contributed by atoms with Crippen molar-refractivity contribution in [2.24, 2.45) is 0 Å². The van der Waals surface area contributed by atoms with Crippen LogP contribution in [-0.2, 0) is 0 Å². The fourth-order valence-electron chi connectivity index (χ4n) is 0.523. The van der Waals surface area contributed by atoms with Crippen LogP contribution < -0.4 is 5.32 Å². The molecular formula is C6H6FN2. The molecule has 0 saturated heterocycles. The minimum absolute atomic E-state index is 0.303. The third kappa shape index (κ3) is 1.16. The average Bonchev–Trinajstić information content (AvgIpc) is 1.89. The van der Waals surface area contributed by atoms with Crippen molar-refractivity contribution in [3.63, 3.8) is 0 Å². The molecule has 0 fully saturated rings. The number of halogens is 1. The predicted octanol–water partition coefficient (Wildman–Crippen LogP) is 1.06. The molecule has 0 aliphatic carbocycles. The van der Waals surface area contributed by atoms with Crippen LogP contribution in [0.4, 0.5) is 10.1 Å². The fourth-order valence-corrected chi connectivity index (χ4v) is 0.523. The Morgan fingerprint density at radius 3 is 3.00 bits per heavy atom. The Labute approximate surface area is 52.7 Å². The number of pyridine rings is 1. The van der Waals surface area contributed by atoms with Crippen molar-refractivity contribution in [1.29, 1.82) is 0 Å². The monoisotopic (exact) mass is 125 g/mol. The van der Waals surface area contributed by atoms with E-state index in [9.17, 15) is 4.39 Å². The number of hydrogen-bond donors (Lipinski definition) is 1. The Balaban J connectivity index is 3.01. The Hall–Kier alpha value is -1.12. The molecule has 1 radical (unpaired) electrons. The third-order valence-corrected chi connectivity index (χ3v) is 0.946. The summed E-state index contributed by atoms with van der Waals surface area (Å²) in [6, 6.07) is 4.19. The van der Waals surface area contributed by atoms with Crippen LogP contribution in [0.3, 0.4) is 0 Å². The van der Waals surface area contributed by atoms with Crippen molar-refractivity contribution in [1.82, 2.24) is 4.98 Å². The van der Waals surface area contributed by atoms with E-state index >= 15 is 0 Å². The van der Waals surface area contributed by atoms with Crippen LogP contribution in [0.1, 0.15) is 0 Å². The molecule has 47 valence electrons. The van der Waals surface area contributed by atoms with Gasteiger partial charge in [0.05, 0.1) is 5.69 Å². The lowest BCUT2D eigenvalue weighted by Crippen LogP contribution is -1.93. The second-order valence-electron chi connectivity index (χ2n) is 1.50. The summed E-state index contributed by atoms with van der Waals surface area (Å²) in [5, 5.41) is 2.60. The third-order valence-electron chi connectivity index (χ3n) is 0.946. The number of nitrogens with one attached hydrogen (secondary N) is 1. The molecule has 0 aliphatic rings. The quantitative estimate of drug-likeness (QED) is 0.568. The zero-order valence-electron chi connectivity index (χ0n) is 4.98. The zero-order chi connectivity index (χ0) is 6.69. The molecular weight excluding hydrogens is 119 g/mol. The second kappa shape index (κ2) is 2.44. The van der Waals surface area contributed by atoms with Gasteiger partial charge in [0.2, 0.25) is 5.95 Å². The van der Waals surface area contributed by atoms with Crippen molar-refractivity contribution in [3.8, 4) is 0 Å². The van der Waals surface area contributed by atoms with E-state index in [0.29, 0.717) is 5.69 Å². The van der Waals surface area contributed by atoms with Crippen LogP contribution in [0.15, 0.2) is 12.3 Å². The van der Waals surface area contributed by atoms with Crippen LogP contribution >= 0.6 is 0 Å². The molecule has 0 aromatic carbocycles. The lowest BCUT2D eigenvalue weighted by atomic mass is 10.4. The van der Waals surface area contributed by atoms with E-state index in [-0.39, 0.29) is 0 Å². The van der Waals surface area contributed by atoms with Gasteiger partial charge in [-0.2, -0.15) is 4.39 Å². The molecule has 1 rings (SSSR count). The van der Waals surface area contributed by atoms with E-state index < -0.39 is 5.95 Å². The number of aromatic nitrogens is 1. The summed E-state index contributed by atoms with van der Waals surface area (Å²) >= 11 is 0. The number of rotatable bonds is 1. The largest absolute Gasteiger partial charge is 0.384 e. The Morgan fingerprint density at radius 1 is 1.78 bits per heavy atom. The lowest BCUT2D eigenvalue weighted by molar-refractivity contribution is 0.587. The van der Waals surface area contributed by atoms with Gasteiger partial charge in [0.25, 0.3) is 0 Å².